The Balaban J connectivity index is 1.65. The van der Waals surface area contributed by atoms with Crippen molar-refractivity contribution < 1.29 is 23.2 Å². The summed E-state index contributed by atoms with van der Waals surface area (Å²) < 4.78 is 27.3. The Labute approximate surface area is 251 Å². The number of carbonyl (C=O) groups is 3. The third kappa shape index (κ3) is 6.04. The Morgan fingerprint density at radius 1 is 1.12 bits per heavy atom. The van der Waals surface area contributed by atoms with Crippen LogP contribution in [0.5, 0.6) is 0 Å². The lowest BCUT2D eigenvalue weighted by molar-refractivity contribution is -0.133. The molecule has 5 rings (SSSR count). The van der Waals surface area contributed by atoms with Crippen LogP contribution in [0, 0.1) is 29.6 Å². The van der Waals surface area contributed by atoms with E-state index in [1.54, 1.807) is 37.3 Å². The molecule has 2 fully saturated rings. The highest BCUT2D eigenvalue weighted by Crippen LogP contribution is 2.40. The summed E-state index contributed by atoms with van der Waals surface area (Å²) >= 11 is 6.56. The maximum atomic E-state index is 14.7. The molecule has 9 nitrogen and oxygen atoms in total. The first-order valence-electron chi connectivity index (χ1n) is 13.5. The third-order valence-electron chi connectivity index (χ3n) is 7.47. The number of nitrogens with zero attached hydrogens (tertiary/aromatic N) is 5. The maximum Gasteiger partial charge on any atom is 0.252 e. The molecule has 0 radical (unpaired) electrons. The molecule has 1 aliphatic carbocycles. The molecule has 0 spiro atoms. The molecule has 2 atom stereocenters. The molecule has 0 unspecified atom stereocenters. The van der Waals surface area contributed by atoms with Gasteiger partial charge >= 0.3 is 0 Å². The highest BCUT2D eigenvalue weighted by atomic mass is 35.5. The zero-order chi connectivity index (χ0) is 30.9. The zero-order valence-corrected chi connectivity index (χ0v) is 23.7. The molecule has 2 aliphatic rings. The standard InChI is InChI=1S/C31H25ClF2N6O3/c1-18-10-20(17-36)12-22(11-18)39(30(43)25-6-7-27(41)40(25)26-13-19(16-35)8-9-37-26)28(23-4-2-3-5-24(23)32)29(42)38-21-14-31(33,34)15-21/h2-5,8-13,21,25,28H,6-7,14-15H2,1H3,(H,38,42)/t25-,28-/m0/s1. The largest absolute Gasteiger partial charge is 0.351 e. The van der Waals surface area contributed by atoms with E-state index in [1.165, 1.54) is 40.3 Å². The Hall–Kier alpha value is -4.87. The Morgan fingerprint density at radius 3 is 2.51 bits per heavy atom. The number of nitriles is 2. The Bertz CT molecular complexity index is 1690. The van der Waals surface area contributed by atoms with Gasteiger partial charge in [-0.3, -0.25) is 24.2 Å². The highest BCUT2D eigenvalue weighted by molar-refractivity contribution is 6.31. The summed E-state index contributed by atoms with van der Waals surface area (Å²) in [5.74, 6) is -4.64. The molecule has 43 heavy (non-hydrogen) atoms. The highest BCUT2D eigenvalue weighted by Gasteiger charge is 2.48. The van der Waals surface area contributed by atoms with Gasteiger partial charge in [0, 0.05) is 47.8 Å². The molecular formula is C31H25ClF2N6O3. The minimum atomic E-state index is -2.90. The van der Waals surface area contributed by atoms with Crippen LogP contribution >= 0.6 is 11.6 Å². The van der Waals surface area contributed by atoms with Crippen LogP contribution < -0.4 is 15.1 Å². The molecule has 1 aliphatic heterocycles. The van der Waals surface area contributed by atoms with Crippen LogP contribution in [0.4, 0.5) is 20.3 Å². The number of aromatic nitrogens is 1. The van der Waals surface area contributed by atoms with Crippen LogP contribution in [0.1, 0.15) is 54.0 Å². The monoisotopic (exact) mass is 602 g/mol. The minimum absolute atomic E-state index is 0.0000832. The summed E-state index contributed by atoms with van der Waals surface area (Å²) in [4.78, 5) is 48.3. The Morgan fingerprint density at radius 2 is 1.84 bits per heavy atom. The van der Waals surface area contributed by atoms with Gasteiger partial charge in [0.25, 0.3) is 11.8 Å². The molecule has 3 aromatic rings. The van der Waals surface area contributed by atoms with Crippen LogP contribution in [-0.4, -0.2) is 40.7 Å². The first-order chi connectivity index (χ1) is 20.5. The minimum Gasteiger partial charge on any atom is -0.351 e. The van der Waals surface area contributed by atoms with Crippen molar-refractivity contribution >= 4 is 40.8 Å². The van der Waals surface area contributed by atoms with Gasteiger partial charge in [-0.1, -0.05) is 29.8 Å². The number of amides is 3. The van der Waals surface area contributed by atoms with E-state index in [1.807, 2.05) is 6.07 Å². The van der Waals surface area contributed by atoms with Crippen molar-refractivity contribution in [1.82, 2.24) is 10.3 Å². The number of pyridine rings is 1. The van der Waals surface area contributed by atoms with Gasteiger partial charge in [0.15, 0.2) is 0 Å². The lowest BCUT2D eigenvalue weighted by atomic mass is 9.87. The normalized spacial score (nSPS) is 18.2. The van der Waals surface area contributed by atoms with Crippen LogP contribution in [0.2, 0.25) is 5.02 Å². The van der Waals surface area contributed by atoms with Crippen molar-refractivity contribution in [1.29, 1.82) is 10.5 Å². The molecule has 1 saturated heterocycles. The van der Waals surface area contributed by atoms with E-state index in [4.69, 9.17) is 11.6 Å². The first-order valence-corrected chi connectivity index (χ1v) is 13.8. The molecule has 0 bridgehead atoms. The summed E-state index contributed by atoms with van der Waals surface area (Å²) in [5, 5.41) is 21.9. The van der Waals surface area contributed by atoms with Gasteiger partial charge in [-0.15, -0.1) is 0 Å². The summed E-state index contributed by atoms with van der Waals surface area (Å²) in [6.07, 6.45) is 0.343. The third-order valence-corrected chi connectivity index (χ3v) is 7.81. The van der Waals surface area contributed by atoms with Crippen LogP contribution in [0.25, 0.3) is 0 Å². The summed E-state index contributed by atoms with van der Waals surface area (Å²) in [7, 11) is 0. The number of anilines is 2. The van der Waals surface area contributed by atoms with Crippen molar-refractivity contribution in [3.8, 4) is 12.1 Å². The number of benzene rings is 2. The number of aryl methyl sites for hydroxylation is 1. The maximum absolute atomic E-state index is 14.7. The van der Waals surface area contributed by atoms with Crippen LogP contribution in [-0.2, 0) is 14.4 Å². The zero-order valence-electron chi connectivity index (χ0n) is 22.9. The van der Waals surface area contributed by atoms with Crippen molar-refractivity contribution in [3.05, 3.63) is 88.1 Å². The average molecular weight is 603 g/mol. The van der Waals surface area contributed by atoms with Crippen LogP contribution in [0.15, 0.2) is 60.8 Å². The van der Waals surface area contributed by atoms with E-state index in [0.29, 0.717) is 5.56 Å². The smallest absolute Gasteiger partial charge is 0.252 e. The van der Waals surface area contributed by atoms with Gasteiger partial charge in [-0.05, 0) is 55.3 Å². The number of hydrogen-bond acceptors (Lipinski definition) is 6. The molecule has 2 heterocycles. The molecule has 1 N–H and O–H groups in total. The number of alkyl halides is 2. The van der Waals surface area contributed by atoms with Gasteiger partial charge in [0.2, 0.25) is 11.8 Å². The SMILES string of the molecule is Cc1cc(C#N)cc(N(C(=O)[C@@H]2CCC(=O)N2c2cc(C#N)ccn2)[C@H](C(=O)NC2CC(F)(F)C2)c2ccccc2Cl)c1. The molecule has 12 heteroatoms. The van der Waals surface area contributed by atoms with E-state index < -0.39 is 54.6 Å². The van der Waals surface area contributed by atoms with E-state index in [0.717, 1.165) is 0 Å². The second-order valence-electron chi connectivity index (χ2n) is 10.6. The summed E-state index contributed by atoms with van der Waals surface area (Å²) in [6.45, 7) is 1.72. The van der Waals surface area contributed by atoms with E-state index in [-0.39, 0.29) is 46.1 Å². The van der Waals surface area contributed by atoms with Gasteiger partial charge in [-0.2, -0.15) is 10.5 Å². The first kappa shape index (κ1) is 29.6. The lowest BCUT2D eigenvalue weighted by Crippen LogP contribution is -2.56. The van der Waals surface area contributed by atoms with E-state index in [9.17, 15) is 33.7 Å². The van der Waals surface area contributed by atoms with Crippen molar-refractivity contribution in [2.75, 3.05) is 9.80 Å². The van der Waals surface area contributed by atoms with Crippen molar-refractivity contribution in [2.45, 2.75) is 56.7 Å². The summed E-state index contributed by atoms with van der Waals surface area (Å²) in [5.41, 5.74) is 1.47. The number of nitrogens with one attached hydrogen (secondary N) is 1. The topological polar surface area (TPSA) is 130 Å². The Kier molecular flexibility index (Phi) is 8.12. The molecule has 3 amide bonds. The predicted molar refractivity (Wildman–Crippen MR) is 153 cm³/mol. The fourth-order valence-corrected chi connectivity index (χ4v) is 5.73. The fraction of sp³-hybridized carbons (Fsp3) is 0.290. The van der Waals surface area contributed by atoms with Gasteiger partial charge < -0.3 is 5.32 Å². The number of rotatable bonds is 7. The second kappa shape index (κ2) is 11.8. The number of halogens is 3. The van der Waals surface area contributed by atoms with E-state index >= 15 is 0 Å². The lowest BCUT2D eigenvalue weighted by Gasteiger charge is -2.39. The van der Waals surface area contributed by atoms with Crippen molar-refractivity contribution in [2.24, 2.45) is 0 Å². The second-order valence-corrected chi connectivity index (χ2v) is 11.0. The van der Waals surface area contributed by atoms with Gasteiger partial charge in [0.1, 0.15) is 17.9 Å². The molecular weight excluding hydrogens is 578 g/mol. The van der Waals surface area contributed by atoms with Crippen molar-refractivity contribution in [3.63, 3.8) is 0 Å². The predicted octanol–water partition coefficient (Wildman–Crippen LogP) is 4.97. The molecule has 1 aromatic heterocycles. The van der Waals surface area contributed by atoms with E-state index in [2.05, 4.69) is 16.4 Å². The molecule has 218 valence electrons. The quantitative estimate of drug-likeness (QED) is 0.406. The average Bonchev–Trinajstić information content (AvgIpc) is 3.35. The molecule has 1 saturated carbocycles. The van der Waals surface area contributed by atoms with Gasteiger partial charge in [0.05, 0.1) is 23.3 Å². The van der Waals surface area contributed by atoms with Crippen LogP contribution in [0.3, 0.4) is 0 Å². The number of hydrogen-bond donors (Lipinski definition) is 1. The molecule has 2 aromatic carbocycles. The summed E-state index contributed by atoms with van der Waals surface area (Å²) in [6, 6.07) is 14.5. The fourth-order valence-electron chi connectivity index (χ4n) is 5.49. The van der Waals surface area contributed by atoms with Gasteiger partial charge in [-0.25, -0.2) is 13.8 Å². The number of carbonyl (C=O) groups excluding carboxylic acids is 3.